The third-order valence-electron chi connectivity index (χ3n) is 4.51. The van der Waals surface area contributed by atoms with E-state index in [0.717, 1.165) is 25.9 Å². The molecule has 25 heavy (non-hydrogen) atoms. The molecule has 0 atom stereocenters. The Balaban J connectivity index is 1.44. The van der Waals surface area contributed by atoms with E-state index in [2.05, 4.69) is 20.2 Å². The monoisotopic (exact) mass is 344 g/mol. The Bertz CT molecular complexity index is 733. The largest absolute Gasteiger partial charge is 0.505 e. The summed E-state index contributed by atoms with van der Waals surface area (Å²) in [6, 6.07) is 4.73. The molecule has 6 nitrogen and oxygen atoms in total. The van der Waals surface area contributed by atoms with E-state index in [-0.39, 0.29) is 23.2 Å². The van der Waals surface area contributed by atoms with Crippen molar-refractivity contribution in [2.45, 2.75) is 19.4 Å². The summed E-state index contributed by atoms with van der Waals surface area (Å²) >= 11 is 0. The van der Waals surface area contributed by atoms with Gasteiger partial charge in [-0.15, -0.1) is 0 Å². The summed E-state index contributed by atoms with van der Waals surface area (Å²) in [5.41, 5.74) is 0.709. The highest BCUT2D eigenvalue weighted by molar-refractivity contribution is 5.94. The molecule has 0 spiro atoms. The zero-order valence-electron chi connectivity index (χ0n) is 13.9. The van der Waals surface area contributed by atoms with Gasteiger partial charge in [-0.2, -0.15) is 0 Å². The quantitative estimate of drug-likeness (QED) is 0.867. The zero-order valence-corrected chi connectivity index (χ0v) is 13.9. The minimum Gasteiger partial charge on any atom is -0.505 e. The number of rotatable bonds is 5. The molecule has 3 rings (SSSR count). The van der Waals surface area contributed by atoms with Crippen LogP contribution in [-0.2, 0) is 6.54 Å². The summed E-state index contributed by atoms with van der Waals surface area (Å²) in [5.74, 6) is -0.381. The average molecular weight is 344 g/mol. The van der Waals surface area contributed by atoms with E-state index >= 15 is 0 Å². The average Bonchev–Trinajstić information content (AvgIpc) is 2.63. The maximum absolute atomic E-state index is 13.7. The molecule has 7 heteroatoms. The lowest BCUT2D eigenvalue weighted by atomic mass is 9.96. The Labute approximate surface area is 145 Å². The van der Waals surface area contributed by atoms with Crippen molar-refractivity contribution in [1.29, 1.82) is 0 Å². The summed E-state index contributed by atoms with van der Waals surface area (Å²) in [6.07, 6.45) is 6.19. The Kier molecular flexibility index (Phi) is 5.55. The van der Waals surface area contributed by atoms with Crippen LogP contribution in [0.4, 0.5) is 4.39 Å². The lowest BCUT2D eigenvalue weighted by molar-refractivity contribution is 0.0927. The van der Waals surface area contributed by atoms with Gasteiger partial charge in [-0.05, 0) is 50.0 Å². The third kappa shape index (κ3) is 4.51. The van der Waals surface area contributed by atoms with E-state index in [4.69, 9.17) is 0 Å². The Morgan fingerprint density at radius 1 is 1.32 bits per heavy atom. The lowest BCUT2D eigenvalue weighted by Gasteiger charge is -2.32. The number of pyridine rings is 2. The minimum absolute atomic E-state index is 0.0492. The van der Waals surface area contributed by atoms with Gasteiger partial charge in [0, 0.05) is 31.0 Å². The molecule has 1 aliphatic heterocycles. The van der Waals surface area contributed by atoms with Crippen LogP contribution in [0.25, 0.3) is 0 Å². The molecule has 0 aromatic carbocycles. The number of likely N-dealkylation sites (tertiary alicyclic amines) is 1. The molecule has 1 amide bonds. The SMILES string of the molecule is O=C(NCC1CCN(Cc2ccncc2F)CC1)c1ncccc1O. The van der Waals surface area contributed by atoms with Crippen LogP contribution in [0.15, 0.2) is 36.8 Å². The van der Waals surface area contributed by atoms with Crippen molar-refractivity contribution < 1.29 is 14.3 Å². The van der Waals surface area contributed by atoms with E-state index < -0.39 is 0 Å². The standard InChI is InChI=1S/C18H21FN4O2/c19-15-11-20-7-3-14(15)12-23-8-4-13(5-9-23)10-22-18(25)17-16(24)2-1-6-21-17/h1-3,6-7,11,13,24H,4-5,8-10,12H2,(H,22,25). The van der Waals surface area contributed by atoms with Gasteiger partial charge in [0.1, 0.15) is 11.6 Å². The molecule has 0 saturated carbocycles. The predicted molar refractivity (Wildman–Crippen MR) is 90.4 cm³/mol. The van der Waals surface area contributed by atoms with Crippen LogP contribution in [0.5, 0.6) is 5.75 Å². The van der Waals surface area contributed by atoms with Crippen molar-refractivity contribution in [3.63, 3.8) is 0 Å². The van der Waals surface area contributed by atoms with E-state index in [1.165, 1.54) is 18.5 Å². The second-order valence-corrected chi connectivity index (χ2v) is 6.27. The molecule has 0 radical (unpaired) electrons. The van der Waals surface area contributed by atoms with Crippen LogP contribution in [0.2, 0.25) is 0 Å². The van der Waals surface area contributed by atoms with Gasteiger partial charge in [-0.25, -0.2) is 9.37 Å². The minimum atomic E-state index is -0.362. The second-order valence-electron chi connectivity index (χ2n) is 6.27. The van der Waals surface area contributed by atoms with Crippen molar-refractivity contribution in [3.05, 3.63) is 53.9 Å². The molecular formula is C18H21FN4O2. The van der Waals surface area contributed by atoms with Crippen LogP contribution in [0.1, 0.15) is 28.9 Å². The number of carbonyl (C=O) groups is 1. The summed E-state index contributed by atoms with van der Waals surface area (Å²) in [7, 11) is 0. The van der Waals surface area contributed by atoms with Crippen LogP contribution < -0.4 is 5.32 Å². The Morgan fingerprint density at radius 3 is 2.84 bits per heavy atom. The molecule has 0 aliphatic carbocycles. The first kappa shape index (κ1) is 17.3. The number of aromatic nitrogens is 2. The molecule has 0 bridgehead atoms. The van der Waals surface area contributed by atoms with Crippen LogP contribution in [0.3, 0.4) is 0 Å². The Morgan fingerprint density at radius 2 is 2.12 bits per heavy atom. The molecule has 2 aromatic heterocycles. The van der Waals surface area contributed by atoms with Gasteiger partial charge in [0.05, 0.1) is 6.20 Å². The molecule has 1 aliphatic rings. The van der Waals surface area contributed by atoms with Crippen molar-refractivity contribution >= 4 is 5.91 Å². The number of hydrogen-bond donors (Lipinski definition) is 2. The number of nitrogens with one attached hydrogen (secondary N) is 1. The van der Waals surface area contributed by atoms with Gasteiger partial charge in [-0.3, -0.25) is 14.7 Å². The number of hydrogen-bond acceptors (Lipinski definition) is 5. The number of nitrogens with zero attached hydrogens (tertiary/aromatic N) is 3. The summed E-state index contributed by atoms with van der Waals surface area (Å²) < 4.78 is 13.7. The summed E-state index contributed by atoms with van der Waals surface area (Å²) in [6.45, 7) is 2.84. The normalized spacial score (nSPS) is 15.9. The van der Waals surface area contributed by atoms with Gasteiger partial charge in [0.2, 0.25) is 0 Å². The molecule has 1 saturated heterocycles. The fourth-order valence-electron chi connectivity index (χ4n) is 3.01. The topological polar surface area (TPSA) is 78.4 Å². The van der Waals surface area contributed by atoms with Gasteiger partial charge in [0.15, 0.2) is 5.69 Å². The maximum atomic E-state index is 13.7. The number of piperidine rings is 1. The number of amides is 1. The van der Waals surface area contributed by atoms with Gasteiger partial charge >= 0.3 is 0 Å². The number of carbonyl (C=O) groups excluding carboxylic acids is 1. The highest BCUT2D eigenvalue weighted by Crippen LogP contribution is 2.19. The van der Waals surface area contributed by atoms with Gasteiger partial charge in [0.25, 0.3) is 5.91 Å². The molecular weight excluding hydrogens is 323 g/mol. The fraction of sp³-hybridized carbons (Fsp3) is 0.389. The van der Waals surface area contributed by atoms with Crippen LogP contribution in [0, 0.1) is 11.7 Å². The van der Waals surface area contributed by atoms with Gasteiger partial charge in [-0.1, -0.05) is 0 Å². The number of halogens is 1. The Hall–Kier alpha value is -2.54. The van der Waals surface area contributed by atoms with E-state index in [1.807, 2.05) is 0 Å². The zero-order chi connectivity index (χ0) is 17.6. The fourth-order valence-corrected chi connectivity index (χ4v) is 3.01. The van der Waals surface area contributed by atoms with Crippen LogP contribution >= 0.6 is 0 Å². The van der Waals surface area contributed by atoms with Crippen molar-refractivity contribution in [2.24, 2.45) is 5.92 Å². The highest BCUT2D eigenvalue weighted by Gasteiger charge is 2.21. The van der Waals surface area contributed by atoms with Crippen molar-refractivity contribution in [2.75, 3.05) is 19.6 Å². The predicted octanol–water partition coefficient (Wildman–Crippen LogP) is 1.96. The third-order valence-corrected chi connectivity index (χ3v) is 4.51. The smallest absolute Gasteiger partial charge is 0.273 e. The summed E-state index contributed by atoms with van der Waals surface area (Å²) in [5, 5.41) is 12.5. The first-order chi connectivity index (χ1) is 12.1. The van der Waals surface area contributed by atoms with E-state index in [1.54, 1.807) is 18.3 Å². The van der Waals surface area contributed by atoms with Crippen LogP contribution in [-0.4, -0.2) is 45.5 Å². The van der Waals surface area contributed by atoms with Gasteiger partial charge < -0.3 is 10.4 Å². The summed E-state index contributed by atoms with van der Waals surface area (Å²) in [4.78, 5) is 21.9. The molecule has 2 aromatic rings. The number of aromatic hydroxyl groups is 1. The second kappa shape index (κ2) is 8.02. The first-order valence-corrected chi connectivity index (χ1v) is 8.36. The van der Waals surface area contributed by atoms with E-state index in [0.29, 0.717) is 24.6 Å². The molecule has 0 unspecified atom stereocenters. The molecule has 1 fully saturated rings. The van der Waals surface area contributed by atoms with Crippen molar-refractivity contribution in [1.82, 2.24) is 20.2 Å². The maximum Gasteiger partial charge on any atom is 0.273 e. The molecule has 132 valence electrons. The van der Waals surface area contributed by atoms with E-state index in [9.17, 15) is 14.3 Å². The first-order valence-electron chi connectivity index (χ1n) is 8.36. The molecule has 2 N–H and O–H groups in total. The van der Waals surface area contributed by atoms with Crippen molar-refractivity contribution in [3.8, 4) is 5.75 Å². The highest BCUT2D eigenvalue weighted by atomic mass is 19.1. The molecule has 3 heterocycles. The lowest BCUT2D eigenvalue weighted by Crippen LogP contribution is -2.38.